The van der Waals surface area contributed by atoms with E-state index < -0.39 is 0 Å². The first-order valence-corrected chi connectivity index (χ1v) is 16.5. The molecule has 0 unspecified atom stereocenters. The number of rotatable bonds is 3. The summed E-state index contributed by atoms with van der Waals surface area (Å²) in [4.78, 5) is 24.9. The Bertz CT molecular complexity index is 2720. The van der Waals surface area contributed by atoms with Crippen molar-refractivity contribution in [1.29, 1.82) is 0 Å². The second kappa shape index (κ2) is 9.61. The first-order chi connectivity index (χ1) is 23.1. The Labute approximate surface area is 274 Å². The van der Waals surface area contributed by atoms with E-state index >= 15 is 0 Å². The van der Waals surface area contributed by atoms with E-state index in [2.05, 4.69) is 102 Å². The van der Waals surface area contributed by atoms with Crippen molar-refractivity contribution in [3.05, 3.63) is 133 Å². The van der Waals surface area contributed by atoms with Crippen LogP contribution in [0.1, 0.15) is 25.0 Å². The lowest BCUT2D eigenvalue weighted by atomic mass is 9.81. The summed E-state index contributed by atoms with van der Waals surface area (Å²) in [6, 6.07) is 38.2. The monoisotopic (exact) mass is 622 g/mol. The van der Waals surface area contributed by atoms with E-state index in [0.717, 1.165) is 38.4 Å². The minimum atomic E-state index is -0.218. The summed E-state index contributed by atoms with van der Waals surface area (Å²) in [7, 11) is 0. The largest absolute Gasteiger partial charge is 0.275 e. The number of aromatic nitrogens is 6. The van der Waals surface area contributed by atoms with Crippen molar-refractivity contribution >= 4 is 53.4 Å². The van der Waals surface area contributed by atoms with Crippen LogP contribution in [0.2, 0.25) is 0 Å². The van der Waals surface area contributed by atoms with Crippen LogP contribution in [0.4, 0.5) is 0 Å². The van der Waals surface area contributed by atoms with Crippen LogP contribution in [0, 0.1) is 0 Å². The minimum absolute atomic E-state index is 0.218. The minimum Gasteiger partial charge on any atom is -0.275 e. The molecule has 1 aliphatic rings. The van der Waals surface area contributed by atoms with Gasteiger partial charge in [-0.1, -0.05) is 105 Å². The van der Waals surface area contributed by atoms with E-state index in [4.69, 9.17) is 19.9 Å². The highest BCUT2D eigenvalue weighted by Crippen LogP contribution is 2.52. The molecule has 0 fully saturated rings. The fourth-order valence-electron chi connectivity index (χ4n) is 7.58. The van der Waals surface area contributed by atoms with Crippen molar-refractivity contribution in [3.63, 3.8) is 0 Å². The smallest absolute Gasteiger partial charge is 0.238 e. The Morgan fingerprint density at radius 2 is 1.38 bits per heavy atom. The van der Waals surface area contributed by atoms with Crippen LogP contribution in [0.15, 0.2) is 122 Å². The average Bonchev–Trinajstić information content (AvgIpc) is 3.74. The molecule has 0 saturated carbocycles. The van der Waals surface area contributed by atoms with Crippen LogP contribution in [-0.2, 0) is 5.41 Å². The zero-order valence-electron chi connectivity index (χ0n) is 25.6. The summed E-state index contributed by atoms with van der Waals surface area (Å²) >= 11 is 1.79. The molecule has 0 amide bonds. The molecular formula is C40H26N6S. The number of nitrogens with zero attached hydrogens (tertiary/aromatic N) is 6. The van der Waals surface area contributed by atoms with Crippen LogP contribution in [0.5, 0.6) is 0 Å². The molecule has 10 rings (SSSR count). The van der Waals surface area contributed by atoms with Gasteiger partial charge in [0.1, 0.15) is 11.8 Å². The Kier molecular flexibility index (Phi) is 5.40. The molecular weight excluding hydrogens is 597 g/mol. The Morgan fingerprint density at radius 1 is 0.617 bits per heavy atom. The molecule has 6 nitrogen and oxygen atoms in total. The van der Waals surface area contributed by atoms with E-state index in [1.165, 1.54) is 37.0 Å². The lowest BCUT2D eigenvalue weighted by Gasteiger charge is -2.22. The summed E-state index contributed by atoms with van der Waals surface area (Å²) in [5.74, 6) is 1.78. The summed E-state index contributed by atoms with van der Waals surface area (Å²) in [5.41, 5.74) is 9.54. The maximum Gasteiger partial charge on any atom is 0.238 e. The normalized spacial score (nSPS) is 13.5. The van der Waals surface area contributed by atoms with Crippen molar-refractivity contribution in [2.45, 2.75) is 19.3 Å². The Balaban J connectivity index is 1.31. The first-order valence-electron chi connectivity index (χ1n) is 15.7. The lowest BCUT2D eigenvalue weighted by molar-refractivity contribution is 0.666. The highest BCUT2D eigenvalue weighted by molar-refractivity contribution is 7.25. The highest BCUT2D eigenvalue weighted by Gasteiger charge is 2.38. The van der Waals surface area contributed by atoms with Crippen LogP contribution >= 0.6 is 11.3 Å². The topological polar surface area (TPSA) is 69.4 Å². The number of thiophene rings is 1. The van der Waals surface area contributed by atoms with Crippen LogP contribution in [0.25, 0.3) is 82.0 Å². The molecule has 0 saturated heterocycles. The van der Waals surface area contributed by atoms with Gasteiger partial charge in [-0.3, -0.25) is 4.57 Å². The molecule has 1 aliphatic carbocycles. The van der Waals surface area contributed by atoms with Gasteiger partial charge in [0.15, 0.2) is 11.6 Å². The van der Waals surface area contributed by atoms with Crippen molar-refractivity contribution in [2.75, 3.05) is 0 Å². The molecule has 4 heterocycles. The first kappa shape index (κ1) is 26.4. The quantitative estimate of drug-likeness (QED) is 0.196. The molecule has 0 aliphatic heterocycles. The molecule has 7 heteroatoms. The number of fused-ring (bicyclic) bond motifs is 10. The molecule has 0 atom stereocenters. The predicted molar refractivity (Wildman–Crippen MR) is 191 cm³/mol. The van der Waals surface area contributed by atoms with Crippen LogP contribution in [0.3, 0.4) is 0 Å². The average molecular weight is 623 g/mol. The SMILES string of the molecule is CC1(C)c2ccccc2-c2ccc3c(c21)c1ncncc1n3-c1nc(-c2ccccc2)nc(-c2cccc3sc4ccccc4c23)n1. The van der Waals surface area contributed by atoms with E-state index in [9.17, 15) is 0 Å². The molecule has 0 bridgehead atoms. The number of benzene rings is 5. The molecule has 222 valence electrons. The van der Waals surface area contributed by atoms with Crippen molar-refractivity contribution < 1.29 is 0 Å². The Morgan fingerprint density at radius 3 is 2.30 bits per heavy atom. The van der Waals surface area contributed by atoms with E-state index in [-0.39, 0.29) is 5.41 Å². The van der Waals surface area contributed by atoms with E-state index in [0.29, 0.717) is 17.6 Å². The van der Waals surface area contributed by atoms with Gasteiger partial charge in [-0.05, 0) is 40.5 Å². The molecule has 0 N–H and O–H groups in total. The number of hydrogen-bond acceptors (Lipinski definition) is 6. The zero-order valence-corrected chi connectivity index (χ0v) is 26.5. The summed E-state index contributed by atoms with van der Waals surface area (Å²) in [5, 5.41) is 3.47. The van der Waals surface area contributed by atoms with Crippen molar-refractivity contribution in [1.82, 2.24) is 29.5 Å². The van der Waals surface area contributed by atoms with Gasteiger partial charge in [0.05, 0.1) is 17.2 Å². The van der Waals surface area contributed by atoms with Gasteiger partial charge in [0.2, 0.25) is 5.95 Å². The second-order valence-electron chi connectivity index (χ2n) is 12.6. The van der Waals surface area contributed by atoms with Gasteiger partial charge in [-0.2, -0.15) is 9.97 Å². The van der Waals surface area contributed by atoms with Gasteiger partial charge in [0, 0.05) is 42.1 Å². The van der Waals surface area contributed by atoms with E-state index in [1.807, 2.05) is 36.5 Å². The maximum absolute atomic E-state index is 5.27. The maximum atomic E-state index is 5.27. The summed E-state index contributed by atoms with van der Waals surface area (Å²) in [6.45, 7) is 4.61. The van der Waals surface area contributed by atoms with Gasteiger partial charge >= 0.3 is 0 Å². The third-order valence-corrected chi connectivity index (χ3v) is 10.7. The summed E-state index contributed by atoms with van der Waals surface area (Å²) in [6.07, 6.45) is 3.51. The molecule has 0 spiro atoms. The third-order valence-electron chi connectivity index (χ3n) is 9.61. The number of hydrogen-bond donors (Lipinski definition) is 0. The Hall–Kier alpha value is -5.79. The third kappa shape index (κ3) is 3.69. The molecule has 9 aromatic rings. The molecule has 4 aromatic heterocycles. The van der Waals surface area contributed by atoms with Gasteiger partial charge in [-0.25, -0.2) is 15.0 Å². The predicted octanol–water partition coefficient (Wildman–Crippen LogP) is 9.77. The highest BCUT2D eigenvalue weighted by atomic mass is 32.1. The van der Waals surface area contributed by atoms with Gasteiger partial charge < -0.3 is 0 Å². The molecule has 5 aromatic carbocycles. The zero-order chi connectivity index (χ0) is 31.3. The van der Waals surface area contributed by atoms with Crippen molar-refractivity contribution in [2.24, 2.45) is 0 Å². The van der Waals surface area contributed by atoms with Crippen LogP contribution in [-0.4, -0.2) is 29.5 Å². The summed E-state index contributed by atoms with van der Waals surface area (Å²) < 4.78 is 4.56. The standard InChI is InChI=1S/C40H26N6S/c1-40(2)28-16-8-6-13-24(28)25-19-20-29-34(35(25)40)36-30(21-41-22-42-36)46(29)39-44-37(23-11-4-3-5-12-23)43-38(45-39)27-15-10-18-32-33(27)26-14-7-9-17-31(26)47-32/h3-22H,1-2H3. The van der Waals surface area contributed by atoms with Crippen molar-refractivity contribution in [3.8, 4) is 39.9 Å². The van der Waals surface area contributed by atoms with Gasteiger partial charge in [0.25, 0.3) is 0 Å². The second-order valence-corrected chi connectivity index (χ2v) is 13.7. The molecule has 0 radical (unpaired) electrons. The molecule has 47 heavy (non-hydrogen) atoms. The van der Waals surface area contributed by atoms with Crippen LogP contribution < -0.4 is 0 Å². The van der Waals surface area contributed by atoms with Gasteiger partial charge in [-0.15, -0.1) is 11.3 Å². The fourth-order valence-corrected chi connectivity index (χ4v) is 8.71. The van der Waals surface area contributed by atoms with E-state index in [1.54, 1.807) is 17.7 Å². The lowest BCUT2D eigenvalue weighted by Crippen LogP contribution is -2.15. The fraction of sp³-hybridized carbons (Fsp3) is 0.0750.